The predicted molar refractivity (Wildman–Crippen MR) is 120 cm³/mol. The first-order valence-electron chi connectivity index (χ1n) is 9.47. The summed E-state index contributed by atoms with van der Waals surface area (Å²) >= 11 is 2.35. The van der Waals surface area contributed by atoms with E-state index in [1.807, 2.05) is 24.3 Å². The van der Waals surface area contributed by atoms with E-state index in [9.17, 15) is 13.2 Å². The summed E-state index contributed by atoms with van der Waals surface area (Å²) < 4.78 is 33.4. The van der Waals surface area contributed by atoms with Crippen molar-refractivity contribution in [1.82, 2.24) is 9.29 Å². The van der Waals surface area contributed by atoms with Gasteiger partial charge in [-0.2, -0.15) is 4.31 Å². The molecule has 0 spiro atoms. The van der Waals surface area contributed by atoms with E-state index in [2.05, 4.69) is 10.3 Å². The molecular formula is C21H17N3O4S3. The zero-order valence-corrected chi connectivity index (χ0v) is 18.6. The van der Waals surface area contributed by atoms with Gasteiger partial charge >= 0.3 is 0 Å². The number of amides is 1. The third-order valence-corrected chi connectivity index (χ3v) is 8.73. The summed E-state index contributed by atoms with van der Waals surface area (Å²) in [6.45, 7) is 0.684. The lowest BCUT2D eigenvalue weighted by Crippen LogP contribution is -2.36. The van der Waals surface area contributed by atoms with Crippen molar-refractivity contribution in [3.05, 3.63) is 75.5 Å². The molecule has 0 saturated carbocycles. The smallest absolute Gasteiger partial charge is 0.268 e. The van der Waals surface area contributed by atoms with Crippen LogP contribution in [0.5, 0.6) is 0 Å². The van der Waals surface area contributed by atoms with Crippen molar-refractivity contribution in [1.29, 1.82) is 0 Å². The molecule has 4 aromatic rings. The summed E-state index contributed by atoms with van der Waals surface area (Å²) in [6, 6.07) is 12.9. The second-order valence-electron chi connectivity index (χ2n) is 6.94. The number of nitrogens with one attached hydrogen (secondary N) is 1. The second kappa shape index (κ2) is 8.04. The first-order valence-corrected chi connectivity index (χ1v) is 12.7. The first-order chi connectivity index (χ1) is 15.0. The Kier molecular flexibility index (Phi) is 5.22. The van der Waals surface area contributed by atoms with Crippen LogP contribution in [0.4, 0.5) is 5.13 Å². The van der Waals surface area contributed by atoms with Crippen LogP contribution in [0.15, 0.2) is 68.8 Å². The van der Waals surface area contributed by atoms with Crippen molar-refractivity contribution >= 4 is 43.7 Å². The highest BCUT2D eigenvalue weighted by atomic mass is 32.2. The van der Waals surface area contributed by atoms with Crippen LogP contribution in [-0.4, -0.2) is 30.2 Å². The number of benzene rings is 1. The van der Waals surface area contributed by atoms with Gasteiger partial charge in [-0.05, 0) is 41.1 Å². The molecule has 1 aromatic carbocycles. The number of sulfonamides is 1. The van der Waals surface area contributed by atoms with Crippen LogP contribution in [0.2, 0.25) is 0 Å². The molecule has 158 valence electrons. The Morgan fingerprint density at radius 3 is 2.74 bits per heavy atom. The van der Waals surface area contributed by atoms with E-state index in [1.54, 1.807) is 29.2 Å². The van der Waals surface area contributed by atoms with E-state index in [-0.39, 0.29) is 9.77 Å². The summed E-state index contributed by atoms with van der Waals surface area (Å²) in [6.07, 6.45) is 2.20. The van der Waals surface area contributed by atoms with Crippen molar-refractivity contribution in [3.8, 4) is 11.5 Å². The van der Waals surface area contributed by atoms with Gasteiger partial charge in [0.2, 0.25) is 10.0 Å². The first kappa shape index (κ1) is 20.1. The van der Waals surface area contributed by atoms with Gasteiger partial charge in [-0.3, -0.25) is 10.1 Å². The number of anilines is 1. The number of carbonyl (C=O) groups excluding carboxylic acids is 1. The third-order valence-electron chi connectivity index (χ3n) is 5.05. The zero-order valence-electron chi connectivity index (χ0n) is 16.1. The molecule has 0 radical (unpaired) electrons. The number of nitrogens with zero attached hydrogens (tertiary/aromatic N) is 2. The molecule has 4 heterocycles. The SMILES string of the molecule is O=C(Nc1nc(-c2ccco2)cs1)c1sccc1S(=O)(=O)N1CCc2ccccc2C1. The molecule has 7 nitrogen and oxygen atoms in total. The largest absolute Gasteiger partial charge is 0.463 e. The van der Waals surface area contributed by atoms with Gasteiger partial charge in [0, 0.05) is 18.5 Å². The zero-order chi connectivity index (χ0) is 21.4. The summed E-state index contributed by atoms with van der Waals surface area (Å²) in [5, 5.41) is 6.48. The molecule has 10 heteroatoms. The van der Waals surface area contributed by atoms with Gasteiger partial charge in [0.05, 0.1) is 6.26 Å². The molecule has 1 aliphatic heterocycles. The maximum Gasteiger partial charge on any atom is 0.268 e. The molecule has 0 unspecified atom stereocenters. The van der Waals surface area contributed by atoms with Crippen LogP contribution in [-0.2, 0) is 23.0 Å². The van der Waals surface area contributed by atoms with Crippen LogP contribution in [0.3, 0.4) is 0 Å². The van der Waals surface area contributed by atoms with Gasteiger partial charge in [0.1, 0.15) is 15.5 Å². The Hall–Kier alpha value is -2.79. The van der Waals surface area contributed by atoms with Crippen LogP contribution < -0.4 is 5.32 Å². The lowest BCUT2D eigenvalue weighted by atomic mass is 10.0. The minimum atomic E-state index is -3.81. The molecule has 1 amide bonds. The number of thiazole rings is 1. The van der Waals surface area contributed by atoms with Crippen molar-refractivity contribution in [3.63, 3.8) is 0 Å². The molecule has 31 heavy (non-hydrogen) atoms. The summed E-state index contributed by atoms with van der Waals surface area (Å²) in [5.41, 5.74) is 2.76. The predicted octanol–water partition coefficient (Wildman–Crippen LogP) is 4.46. The van der Waals surface area contributed by atoms with Crippen LogP contribution in [0.25, 0.3) is 11.5 Å². The van der Waals surface area contributed by atoms with E-state index in [1.165, 1.54) is 21.7 Å². The quantitative estimate of drug-likeness (QED) is 0.464. The van der Waals surface area contributed by atoms with Crippen LogP contribution >= 0.6 is 22.7 Å². The van der Waals surface area contributed by atoms with Gasteiger partial charge in [0.25, 0.3) is 5.91 Å². The highest BCUT2D eigenvalue weighted by Crippen LogP contribution is 2.31. The Labute approximate surface area is 187 Å². The second-order valence-corrected chi connectivity index (χ2v) is 10.6. The summed E-state index contributed by atoms with van der Waals surface area (Å²) in [4.78, 5) is 17.4. The number of hydrogen-bond acceptors (Lipinski definition) is 7. The molecule has 1 N–H and O–H groups in total. The van der Waals surface area contributed by atoms with E-state index in [4.69, 9.17) is 4.42 Å². The number of carbonyl (C=O) groups is 1. The number of rotatable bonds is 5. The Morgan fingerprint density at radius 2 is 1.94 bits per heavy atom. The van der Waals surface area contributed by atoms with E-state index in [0.717, 1.165) is 22.5 Å². The number of thiophene rings is 1. The van der Waals surface area contributed by atoms with E-state index >= 15 is 0 Å². The van der Waals surface area contributed by atoms with Crippen LogP contribution in [0.1, 0.15) is 20.8 Å². The van der Waals surface area contributed by atoms with Gasteiger partial charge in [-0.15, -0.1) is 22.7 Å². The molecular weight excluding hydrogens is 454 g/mol. The Morgan fingerprint density at radius 1 is 1.10 bits per heavy atom. The van der Waals surface area contributed by atoms with Gasteiger partial charge < -0.3 is 4.42 Å². The fourth-order valence-electron chi connectivity index (χ4n) is 3.50. The fourth-order valence-corrected chi connectivity index (χ4v) is 6.91. The lowest BCUT2D eigenvalue weighted by Gasteiger charge is -2.28. The molecule has 5 rings (SSSR count). The highest BCUT2D eigenvalue weighted by molar-refractivity contribution is 7.89. The van der Waals surface area contributed by atoms with Gasteiger partial charge in [0.15, 0.2) is 10.9 Å². The molecule has 0 saturated heterocycles. The minimum Gasteiger partial charge on any atom is -0.463 e. The van der Waals surface area contributed by atoms with Gasteiger partial charge in [-0.1, -0.05) is 24.3 Å². The summed E-state index contributed by atoms with van der Waals surface area (Å²) in [5.74, 6) is 0.104. The summed E-state index contributed by atoms with van der Waals surface area (Å²) in [7, 11) is -3.81. The lowest BCUT2D eigenvalue weighted by molar-refractivity contribution is 0.102. The monoisotopic (exact) mass is 471 g/mol. The fraction of sp³-hybridized carbons (Fsp3) is 0.143. The van der Waals surface area contributed by atoms with Crippen LogP contribution in [0, 0.1) is 0 Å². The van der Waals surface area contributed by atoms with Crippen molar-refractivity contribution < 1.29 is 17.6 Å². The Bertz CT molecular complexity index is 1340. The maximum absolute atomic E-state index is 13.3. The molecule has 0 fully saturated rings. The average Bonchev–Trinajstić information content (AvgIpc) is 3.54. The topological polar surface area (TPSA) is 92.5 Å². The van der Waals surface area contributed by atoms with E-state index in [0.29, 0.717) is 36.1 Å². The molecule has 3 aromatic heterocycles. The van der Waals surface area contributed by atoms with Crippen molar-refractivity contribution in [2.75, 3.05) is 11.9 Å². The third kappa shape index (κ3) is 3.83. The molecule has 1 aliphatic rings. The van der Waals surface area contributed by atoms with Gasteiger partial charge in [-0.25, -0.2) is 13.4 Å². The average molecular weight is 472 g/mol. The standard InChI is InChI=1S/C21H17N3O4S3/c25-20(23-21-22-16(13-30-21)17-6-3-10-28-17)19-18(8-11-29-19)31(26,27)24-9-7-14-4-1-2-5-15(14)12-24/h1-6,8,10-11,13H,7,9,12H2,(H,22,23,25). The Balaban J connectivity index is 1.37. The highest BCUT2D eigenvalue weighted by Gasteiger charge is 2.32. The maximum atomic E-state index is 13.3. The van der Waals surface area contributed by atoms with Crippen molar-refractivity contribution in [2.24, 2.45) is 0 Å². The van der Waals surface area contributed by atoms with Crippen molar-refractivity contribution in [2.45, 2.75) is 17.9 Å². The molecule has 0 aliphatic carbocycles. The number of fused-ring (bicyclic) bond motifs is 1. The molecule has 0 bridgehead atoms. The molecule has 0 atom stereocenters. The van der Waals surface area contributed by atoms with E-state index < -0.39 is 15.9 Å². The minimum absolute atomic E-state index is 0.0252. The number of hydrogen-bond donors (Lipinski definition) is 1. The normalized spacial score (nSPS) is 14.3. The number of furan rings is 1. The number of aromatic nitrogens is 1.